The highest BCUT2D eigenvalue weighted by Crippen LogP contribution is 2.26. The van der Waals surface area contributed by atoms with Crippen LogP contribution in [0.2, 0.25) is 0 Å². The highest BCUT2D eigenvalue weighted by atomic mass is 35.5. The molecule has 0 N–H and O–H groups in total. The molecule has 0 unspecified atom stereocenters. The molecule has 0 aliphatic heterocycles. The lowest BCUT2D eigenvalue weighted by atomic mass is 9.97. The molecule has 13 heavy (non-hydrogen) atoms. The van der Waals surface area contributed by atoms with Crippen LogP contribution in [0, 0.1) is 5.92 Å². The first-order valence-electron chi connectivity index (χ1n) is 4.96. The maximum Gasteiger partial charge on any atom is 0.308 e. The van der Waals surface area contributed by atoms with Crippen molar-refractivity contribution >= 4 is 17.6 Å². The summed E-state index contributed by atoms with van der Waals surface area (Å²) in [5.41, 5.74) is 0. The Hall–Kier alpha value is -0.240. The molecule has 1 aliphatic rings. The summed E-state index contributed by atoms with van der Waals surface area (Å²) < 4.78 is 5.29. The second kappa shape index (κ2) is 4.85. The van der Waals surface area contributed by atoms with Crippen molar-refractivity contribution < 1.29 is 9.53 Å². The first-order chi connectivity index (χ1) is 6.11. The van der Waals surface area contributed by atoms with Crippen LogP contribution in [0.1, 0.15) is 39.5 Å². The van der Waals surface area contributed by atoms with Gasteiger partial charge < -0.3 is 4.74 Å². The third-order valence-electron chi connectivity index (χ3n) is 2.36. The van der Waals surface area contributed by atoms with Gasteiger partial charge in [-0.05, 0) is 19.3 Å². The van der Waals surface area contributed by atoms with E-state index in [4.69, 9.17) is 16.3 Å². The molecule has 0 heterocycles. The van der Waals surface area contributed by atoms with Gasteiger partial charge in [0.05, 0.1) is 11.3 Å². The summed E-state index contributed by atoms with van der Waals surface area (Å²) in [6.07, 6.45) is 4.12. The zero-order valence-corrected chi connectivity index (χ0v) is 9.01. The first-order valence-corrected chi connectivity index (χ1v) is 5.39. The maximum absolute atomic E-state index is 11.3. The van der Waals surface area contributed by atoms with Gasteiger partial charge in [-0.1, -0.05) is 20.3 Å². The predicted octanol–water partition coefficient (Wildman–Crippen LogP) is 2.74. The minimum atomic E-state index is -0.127. The molecule has 0 spiro atoms. The number of hydrogen-bond acceptors (Lipinski definition) is 2. The van der Waals surface area contributed by atoms with Crippen molar-refractivity contribution in [3.8, 4) is 0 Å². The van der Waals surface area contributed by atoms with E-state index in [0.717, 1.165) is 25.7 Å². The van der Waals surface area contributed by atoms with Crippen LogP contribution in [0.15, 0.2) is 0 Å². The Kier molecular flexibility index (Phi) is 4.04. The van der Waals surface area contributed by atoms with Crippen LogP contribution in [-0.4, -0.2) is 17.5 Å². The van der Waals surface area contributed by atoms with Crippen molar-refractivity contribution in [3.63, 3.8) is 0 Å². The summed E-state index contributed by atoms with van der Waals surface area (Å²) in [5, 5.41) is 0.0245. The van der Waals surface area contributed by atoms with E-state index in [0.29, 0.717) is 0 Å². The molecule has 0 aromatic heterocycles. The Balaban J connectivity index is 2.38. The van der Waals surface area contributed by atoms with Crippen LogP contribution in [0.5, 0.6) is 0 Å². The molecule has 1 rings (SSSR count). The van der Waals surface area contributed by atoms with Crippen molar-refractivity contribution in [3.05, 3.63) is 0 Å². The van der Waals surface area contributed by atoms with Gasteiger partial charge in [-0.2, -0.15) is 0 Å². The summed E-state index contributed by atoms with van der Waals surface area (Å²) >= 11 is 6.05. The second-order valence-corrected chi connectivity index (χ2v) is 4.49. The molecular formula is C10H17ClO2. The average molecular weight is 205 g/mol. The van der Waals surface area contributed by atoms with E-state index >= 15 is 0 Å². The van der Waals surface area contributed by atoms with Crippen molar-refractivity contribution in [2.24, 2.45) is 5.92 Å². The van der Waals surface area contributed by atoms with Crippen molar-refractivity contribution in [2.45, 2.75) is 51.0 Å². The fourth-order valence-electron chi connectivity index (χ4n) is 1.47. The number of esters is 1. The normalized spacial score (nSPS) is 28.9. The van der Waals surface area contributed by atoms with Crippen LogP contribution in [-0.2, 0) is 9.53 Å². The summed E-state index contributed by atoms with van der Waals surface area (Å²) in [4.78, 5) is 11.3. The van der Waals surface area contributed by atoms with E-state index in [1.54, 1.807) is 0 Å². The van der Waals surface area contributed by atoms with Crippen LogP contribution in [0.4, 0.5) is 0 Å². The van der Waals surface area contributed by atoms with E-state index in [1.165, 1.54) is 0 Å². The maximum atomic E-state index is 11.3. The van der Waals surface area contributed by atoms with Crippen LogP contribution < -0.4 is 0 Å². The fraction of sp³-hybridized carbons (Fsp3) is 0.900. The van der Waals surface area contributed by atoms with Gasteiger partial charge in [0, 0.05) is 0 Å². The van der Waals surface area contributed by atoms with E-state index < -0.39 is 0 Å². The number of rotatable bonds is 2. The molecule has 1 fully saturated rings. The van der Waals surface area contributed by atoms with Gasteiger partial charge >= 0.3 is 5.97 Å². The standard InChI is InChI=1S/C10H17ClO2/c1-7(2)10(12)13-9-6-4-3-5-8(9)11/h7-9H,3-6H2,1-2H3/t8-,9-/m0/s1. The first kappa shape index (κ1) is 10.8. The SMILES string of the molecule is CC(C)C(=O)O[C@H]1CCCC[C@@H]1Cl. The molecule has 1 saturated carbocycles. The van der Waals surface area contributed by atoms with E-state index in [2.05, 4.69) is 0 Å². The van der Waals surface area contributed by atoms with Gasteiger partial charge in [0.25, 0.3) is 0 Å². The molecular weight excluding hydrogens is 188 g/mol. The number of carbonyl (C=O) groups excluding carboxylic acids is 1. The molecule has 0 amide bonds. The highest BCUT2D eigenvalue weighted by molar-refractivity contribution is 6.21. The van der Waals surface area contributed by atoms with E-state index in [9.17, 15) is 4.79 Å². The number of ether oxygens (including phenoxy) is 1. The Bertz CT molecular complexity index is 180. The summed E-state index contributed by atoms with van der Waals surface area (Å²) in [5.74, 6) is -0.177. The molecule has 0 saturated heterocycles. The minimum absolute atomic E-state index is 0.0245. The van der Waals surface area contributed by atoms with Crippen molar-refractivity contribution in [1.82, 2.24) is 0 Å². The smallest absolute Gasteiger partial charge is 0.308 e. The summed E-state index contributed by atoms with van der Waals surface area (Å²) in [7, 11) is 0. The molecule has 2 atom stereocenters. The molecule has 0 aromatic rings. The zero-order valence-electron chi connectivity index (χ0n) is 8.25. The van der Waals surface area contributed by atoms with E-state index in [1.807, 2.05) is 13.8 Å². The quantitative estimate of drug-likeness (QED) is 0.511. The zero-order chi connectivity index (χ0) is 9.84. The lowest BCUT2D eigenvalue weighted by Gasteiger charge is -2.27. The topological polar surface area (TPSA) is 26.3 Å². The second-order valence-electron chi connectivity index (χ2n) is 3.93. The predicted molar refractivity (Wildman–Crippen MR) is 52.8 cm³/mol. The van der Waals surface area contributed by atoms with Gasteiger partial charge in [0.2, 0.25) is 0 Å². The molecule has 0 bridgehead atoms. The monoisotopic (exact) mass is 204 g/mol. The lowest BCUT2D eigenvalue weighted by Crippen LogP contribution is -2.32. The van der Waals surface area contributed by atoms with Crippen molar-refractivity contribution in [2.75, 3.05) is 0 Å². The number of halogens is 1. The molecule has 76 valence electrons. The van der Waals surface area contributed by atoms with Gasteiger partial charge in [0.15, 0.2) is 0 Å². The van der Waals surface area contributed by atoms with Crippen LogP contribution in [0.3, 0.4) is 0 Å². The average Bonchev–Trinajstić information content (AvgIpc) is 2.08. The Morgan fingerprint density at radius 2 is 2.00 bits per heavy atom. The number of hydrogen-bond donors (Lipinski definition) is 0. The van der Waals surface area contributed by atoms with Gasteiger partial charge in [-0.3, -0.25) is 4.79 Å². The molecule has 0 radical (unpaired) electrons. The molecule has 0 aromatic carbocycles. The number of alkyl halides is 1. The Morgan fingerprint density at radius 3 is 2.54 bits per heavy atom. The highest BCUT2D eigenvalue weighted by Gasteiger charge is 2.27. The van der Waals surface area contributed by atoms with Crippen LogP contribution >= 0.6 is 11.6 Å². The Labute approximate surface area is 84.6 Å². The van der Waals surface area contributed by atoms with Gasteiger partial charge in [-0.25, -0.2) is 0 Å². The van der Waals surface area contributed by atoms with E-state index in [-0.39, 0.29) is 23.4 Å². The third kappa shape index (κ3) is 3.18. The summed E-state index contributed by atoms with van der Waals surface area (Å²) in [6.45, 7) is 3.68. The van der Waals surface area contributed by atoms with Gasteiger partial charge in [0.1, 0.15) is 6.10 Å². The number of carbonyl (C=O) groups is 1. The molecule has 1 aliphatic carbocycles. The third-order valence-corrected chi connectivity index (χ3v) is 2.86. The molecule has 2 nitrogen and oxygen atoms in total. The lowest BCUT2D eigenvalue weighted by molar-refractivity contribution is -0.154. The van der Waals surface area contributed by atoms with Crippen LogP contribution in [0.25, 0.3) is 0 Å². The minimum Gasteiger partial charge on any atom is -0.461 e. The largest absolute Gasteiger partial charge is 0.461 e. The summed E-state index contributed by atoms with van der Waals surface area (Å²) in [6, 6.07) is 0. The van der Waals surface area contributed by atoms with Crippen molar-refractivity contribution in [1.29, 1.82) is 0 Å². The Morgan fingerprint density at radius 1 is 1.38 bits per heavy atom. The molecule has 3 heteroatoms. The van der Waals surface area contributed by atoms with Gasteiger partial charge in [-0.15, -0.1) is 11.6 Å². The fourth-order valence-corrected chi connectivity index (χ4v) is 1.80.